The Bertz CT molecular complexity index is 608. The van der Waals surface area contributed by atoms with Crippen LogP contribution >= 0.6 is 11.6 Å². The lowest BCUT2D eigenvalue weighted by molar-refractivity contribution is 0.0465. The van der Waals surface area contributed by atoms with Gasteiger partial charge in [-0.1, -0.05) is 23.7 Å². The molecule has 1 N–H and O–H groups in total. The van der Waals surface area contributed by atoms with Crippen LogP contribution in [0.2, 0.25) is 5.02 Å². The second kappa shape index (κ2) is 6.48. The molecule has 1 saturated heterocycles. The Morgan fingerprint density at radius 1 is 1.24 bits per heavy atom. The van der Waals surface area contributed by atoms with E-state index in [-0.39, 0.29) is 0 Å². The van der Waals surface area contributed by atoms with Crippen LogP contribution in [-0.4, -0.2) is 36.5 Å². The number of hydrogen-bond acceptors (Lipinski definition) is 3. The van der Waals surface area contributed by atoms with E-state index < -0.39 is 15.6 Å². The first-order valence-corrected chi connectivity index (χ1v) is 8.83. The highest BCUT2D eigenvalue weighted by atomic mass is 35.5. The normalized spacial score (nSPS) is 25.1. The van der Waals surface area contributed by atoms with Gasteiger partial charge >= 0.3 is 0 Å². The summed E-state index contributed by atoms with van der Waals surface area (Å²) in [6.07, 6.45) is 3.32. The van der Waals surface area contributed by atoms with Gasteiger partial charge in [-0.3, -0.25) is 0 Å². The predicted octanol–water partition coefficient (Wildman–Crippen LogP) is 2.88. The lowest BCUT2D eigenvalue weighted by Gasteiger charge is -2.21. The lowest BCUT2D eigenvalue weighted by atomic mass is 9.98. The third-order valence-corrected chi connectivity index (χ3v) is 5.50. The number of hydrogen-bond donors (Lipinski definition) is 1. The fourth-order valence-corrected chi connectivity index (χ4v) is 3.67. The standard InChI is InChI=1S/C15H20ClNO3S/c1-15(18)8-2-10-17(11-9-15)21(19,20)12-7-13-3-5-14(16)6-4-13/h3-7,12,18H,2,8-11H2,1H3/b12-7+. The van der Waals surface area contributed by atoms with Gasteiger partial charge in [0.05, 0.1) is 5.60 Å². The molecule has 1 fully saturated rings. The highest BCUT2D eigenvalue weighted by Gasteiger charge is 2.29. The molecule has 0 saturated carbocycles. The van der Waals surface area contributed by atoms with Crippen molar-refractivity contribution >= 4 is 27.7 Å². The van der Waals surface area contributed by atoms with E-state index in [0.717, 1.165) is 5.56 Å². The van der Waals surface area contributed by atoms with Crippen molar-refractivity contribution in [2.24, 2.45) is 0 Å². The molecular weight excluding hydrogens is 310 g/mol. The second-order valence-electron chi connectivity index (χ2n) is 5.65. The van der Waals surface area contributed by atoms with Crippen molar-refractivity contribution in [1.82, 2.24) is 4.31 Å². The first kappa shape index (κ1) is 16.5. The molecule has 4 nitrogen and oxygen atoms in total. The summed E-state index contributed by atoms with van der Waals surface area (Å²) in [4.78, 5) is 0. The number of nitrogens with zero attached hydrogens (tertiary/aromatic N) is 1. The van der Waals surface area contributed by atoms with Gasteiger partial charge in [0.2, 0.25) is 10.0 Å². The highest BCUT2D eigenvalue weighted by Crippen LogP contribution is 2.23. The van der Waals surface area contributed by atoms with E-state index in [1.807, 2.05) is 0 Å². The summed E-state index contributed by atoms with van der Waals surface area (Å²) < 4.78 is 26.1. The summed E-state index contributed by atoms with van der Waals surface area (Å²) in [5.74, 6) is 0. The van der Waals surface area contributed by atoms with Crippen LogP contribution in [-0.2, 0) is 10.0 Å². The van der Waals surface area contributed by atoms with Crippen molar-refractivity contribution in [3.05, 3.63) is 40.3 Å². The maximum Gasteiger partial charge on any atom is 0.236 e. The highest BCUT2D eigenvalue weighted by molar-refractivity contribution is 7.92. The summed E-state index contributed by atoms with van der Waals surface area (Å²) in [7, 11) is -3.46. The topological polar surface area (TPSA) is 57.6 Å². The van der Waals surface area contributed by atoms with E-state index in [9.17, 15) is 13.5 Å². The minimum Gasteiger partial charge on any atom is -0.390 e. The first-order valence-electron chi connectivity index (χ1n) is 6.95. The van der Waals surface area contributed by atoms with Crippen molar-refractivity contribution in [3.63, 3.8) is 0 Å². The average molecular weight is 330 g/mol. The Morgan fingerprint density at radius 2 is 1.90 bits per heavy atom. The Kier molecular flexibility index (Phi) is 5.09. The Labute approximate surface area is 131 Å². The monoisotopic (exact) mass is 329 g/mol. The van der Waals surface area contributed by atoms with E-state index in [1.165, 1.54) is 9.71 Å². The SMILES string of the molecule is CC1(O)CCCN(S(=O)(=O)/C=C/c2ccc(Cl)cc2)CC1. The molecule has 1 aliphatic rings. The summed E-state index contributed by atoms with van der Waals surface area (Å²) in [6, 6.07) is 6.97. The van der Waals surface area contributed by atoms with Crippen LogP contribution < -0.4 is 0 Å². The summed E-state index contributed by atoms with van der Waals surface area (Å²) in [6.45, 7) is 2.55. The molecule has 1 unspecified atom stereocenters. The van der Waals surface area contributed by atoms with Crippen LogP contribution in [0.5, 0.6) is 0 Å². The molecule has 0 aromatic heterocycles. The van der Waals surface area contributed by atoms with Gasteiger partial charge in [0.25, 0.3) is 0 Å². The zero-order valence-corrected chi connectivity index (χ0v) is 13.6. The second-order valence-corrected chi connectivity index (χ2v) is 7.90. The van der Waals surface area contributed by atoms with E-state index in [2.05, 4.69) is 0 Å². The number of rotatable bonds is 3. The van der Waals surface area contributed by atoms with Crippen LogP contribution in [0, 0.1) is 0 Å². The van der Waals surface area contributed by atoms with E-state index in [4.69, 9.17) is 11.6 Å². The number of halogens is 1. The van der Waals surface area contributed by atoms with Gasteiger partial charge in [0.1, 0.15) is 0 Å². The fraction of sp³-hybridized carbons (Fsp3) is 0.467. The van der Waals surface area contributed by atoms with Gasteiger partial charge in [0.15, 0.2) is 0 Å². The van der Waals surface area contributed by atoms with Crippen LogP contribution in [0.15, 0.2) is 29.7 Å². The van der Waals surface area contributed by atoms with Gasteiger partial charge in [-0.15, -0.1) is 0 Å². The van der Waals surface area contributed by atoms with E-state index >= 15 is 0 Å². The number of sulfonamides is 1. The Morgan fingerprint density at radius 3 is 2.57 bits per heavy atom. The van der Waals surface area contributed by atoms with Crippen molar-refractivity contribution in [3.8, 4) is 0 Å². The molecule has 1 aliphatic heterocycles. The molecule has 1 aromatic rings. The van der Waals surface area contributed by atoms with Crippen LogP contribution in [0.25, 0.3) is 6.08 Å². The summed E-state index contributed by atoms with van der Waals surface area (Å²) >= 11 is 5.79. The van der Waals surface area contributed by atoms with Gasteiger partial charge < -0.3 is 5.11 Å². The molecule has 1 atom stereocenters. The quantitative estimate of drug-likeness (QED) is 0.927. The van der Waals surface area contributed by atoms with Crippen molar-refractivity contribution in [2.75, 3.05) is 13.1 Å². The van der Waals surface area contributed by atoms with Gasteiger partial charge in [-0.05, 0) is 50.0 Å². The van der Waals surface area contributed by atoms with Gasteiger partial charge in [0, 0.05) is 23.5 Å². The molecule has 6 heteroatoms. The predicted molar refractivity (Wildman–Crippen MR) is 85.5 cm³/mol. The smallest absolute Gasteiger partial charge is 0.236 e. The summed E-state index contributed by atoms with van der Waals surface area (Å²) in [5, 5.41) is 11.9. The van der Waals surface area contributed by atoms with Crippen molar-refractivity contribution < 1.29 is 13.5 Å². The fourth-order valence-electron chi connectivity index (χ4n) is 2.32. The Balaban J connectivity index is 2.09. The minimum absolute atomic E-state index is 0.348. The van der Waals surface area contributed by atoms with E-state index in [0.29, 0.717) is 37.4 Å². The third-order valence-electron chi connectivity index (χ3n) is 3.69. The molecule has 21 heavy (non-hydrogen) atoms. The minimum atomic E-state index is -3.46. The molecule has 1 heterocycles. The van der Waals surface area contributed by atoms with Gasteiger partial charge in [-0.2, -0.15) is 4.31 Å². The average Bonchev–Trinajstić information content (AvgIpc) is 2.59. The third kappa shape index (κ3) is 4.81. The van der Waals surface area contributed by atoms with Crippen molar-refractivity contribution in [2.45, 2.75) is 31.8 Å². The molecule has 0 radical (unpaired) electrons. The molecule has 0 amide bonds. The van der Waals surface area contributed by atoms with Crippen molar-refractivity contribution in [1.29, 1.82) is 0 Å². The molecule has 2 rings (SSSR count). The molecule has 0 bridgehead atoms. The van der Waals surface area contributed by atoms with Gasteiger partial charge in [-0.25, -0.2) is 8.42 Å². The van der Waals surface area contributed by atoms with Crippen LogP contribution in [0.4, 0.5) is 0 Å². The van der Waals surface area contributed by atoms with Crippen LogP contribution in [0.1, 0.15) is 31.7 Å². The molecule has 1 aromatic carbocycles. The number of benzene rings is 1. The molecule has 116 valence electrons. The molecular formula is C15H20ClNO3S. The maximum absolute atomic E-state index is 12.3. The van der Waals surface area contributed by atoms with Crippen LogP contribution in [0.3, 0.4) is 0 Å². The lowest BCUT2D eigenvalue weighted by Crippen LogP contribution is -2.32. The van der Waals surface area contributed by atoms with E-state index in [1.54, 1.807) is 37.3 Å². The zero-order chi connectivity index (χ0) is 15.5. The maximum atomic E-state index is 12.3. The Hall–Kier alpha value is -0.880. The first-order chi connectivity index (χ1) is 9.78. The molecule has 0 spiro atoms. The zero-order valence-electron chi connectivity index (χ0n) is 12.0. The molecule has 0 aliphatic carbocycles. The summed E-state index contributed by atoms with van der Waals surface area (Å²) in [5.41, 5.74) is 0.00857. The number of aliphatic hydroxyl groups is 1. The largest absolute Gasteiger partial charge is 0.390 e.